The molecule has 0 atom stereocenters. The van der Waals surface area contributed by atoms with Crippen LogP contribution in [0.4, 0.5) is 5.69 Å². The molecule has 26 heavy (non-hydrogen) atoms. The fourth-order valence-electron chi connectivity index (χ4n) is 2.77. The molecule has 1 aliphatic heterocycles. The third-order valence-corrected chi connectivity index (χ3v) is 4.83. The molecule has 2 amide bonds. The lowest BCUT2D eigenvalue weighted by molar-refractivity contribution is 0.0792. The van der Waals surface area contributed by atoms with Gasteiger partial charge in [0.15, 0.2) is 5.11 Å². The summed E-state index contributed by atoms with van der Waals surface area (Å²) in [6.07, 6.45) is 2.10. The van der Waals surface area contributed by atoms with Crippen LogP contribution in [-0.2, 0) is 0 Å². The van der Waals surface area contributed by atoms with E-state index in [2.05, 4.69) is 26.6 Å². The van der Waals surface area contributed by atoms with Gasteiger partial charge in [-0.15, -0.1) is 0 Å². The second kappa shape index (κ2) is 8.42. The molecule has 134 valence electrons. The van der Waals surface area contributed by atoms with Gasteiger partial charge in [0.1, 0.15) is 0 Å². The van der Waals surface area contributed by atoms with E-state index in [0.29, 0.717) is 16.8 Å². The first-order valence-electron chi connectivity index (χ1n) is 8.30. The van der Waals surface area contributed by atoms with Gasteiger partial charge >= 0.3 is 0 Å². The van der Waals surface area contributed by atoms with Crippen molar-refractivity contribution in [3.8, 4) is 0 Å². The van der Waals surface area contributed by atoms with Crippen LogP contribution in [-0.4, -0.2) is 34.9 Å². The number of thiocarbonyl (C=S) groups is 1. The van der Waals surface area contributed by atoms with E-state index in [1.165, 1.54) is 0 Å². The number of hydrogen-bond acceptors (Lipinski definition) is 3. The molecule has 2 aromatic carbocycles. The molecular weight excluding hydrogens is 414 g/mol. The van der Waals surface area contributed by atoms with Gasteiger partial charge in [0.25, 0.3) is 11.8 Å². The zero-order valence-electron chi connectivity index (χ0n) is 14.0. The van der Waals surface area contributed by atoms with Crippen molar-refractivity contribution >= 4 is 50.8 Å². The number of likely N-dealkylation sites (tertiary alicyclic amines) is 1. The van der Waals surface area contributed by atoms with Crippen LogP contribution in [0, 0.1) is 0 Å². The Morgan fingerprint density at radius 3 is 2.38 bits per heavy atom. The summed E-state index contributed by atoms with van der Waals surface area (Å²) < 4.78 is 0.897. The van der Waals surface area contributed by atoms with E-state index in [-0.39, 0.29) is 16.9 Å². The quantitative estimate of drug-likeness (QED) is 0.725. The average molecular weight is 432 g/mol. The van der Waals surface area contributed by atoms with Crippen LogP contribution in [0.5, 0.6) is 0 Å². The summed E-state index contributed by atoms with van der Waals surface area (Å²) >= 11 is 8.54. The molecule has 0 bridgehead atoms. The summed E-state index contributed by atoms with van der Waals surface area (Å²) in [5.74, 6) is -0.268. The second-order valence-corrected chi connectivity index (χ2v) is 7.32. The summed E-state index contributed by atoms with van der Waals surface area (Å²) in [6.45, 7) is 1.61. The minimum atomic E-state index is -0.292. The van der Waals surface area contributed by atoms with Gasteiger partial charge in [-0.1, -0.05) is 22.0 Å². The molecule has 1 aliphatic rings. The predicted molar refractivity (Wildman–Crippen MR) is 109 cm³/mol. The normalized spacial score (nSPS) is 13.3. The fourth-order valence-corrected chi connectivity index (χ4v) is 3.25. The van der Waals surface area contributed by atoms with Crippen molar-refractivity contribution in [1.82, 2.24) is 10.2 Å². The number of nitrogens with one attached hydrogen (secondary N) is 2. The maximum Gasteiger partial charge on any atom is 0.257 e. The molecular formula is C19H18BrN3O2S. The van der Waals surface area contributed by atoms with Gasteiger partial charge < -0.3 is 10.2 Å². The molecule has 0 aliphatic carbocycles. The topological polar surface area (TPSA) is 61.4 Å². The number of nitrogens with zero attached hydrogens (tertiary/aromatic N) is 1. The first-order chi connectivity index (χ1) is 12.5. The summed E-state index contributed by atoms with van der Waals surface area (Å²) in [4.78, 5) is 26.5. The van der Waals surface area contributed by atoms with Gasteiger partial charge in [-0.3, -0.25) is 14.9 Å². The smallest absolute Gasteiger partial charge is 0.257 e. The maximum atomic E-state index is 12.5. The molecule has 5 nitrogen and oxygen atoms in total. The molecule has 0 saturated carbocycles. The second-order valence-electron chi connectivity index (χ2n) is 6.00. The number of benzene rings is 2. The van der Waals surface area contributed by atoms with Crippen molar-refractivity contribution in [2.24, 2.45) is 0 Å². The van der Waals surface area contributed by atoms with Crippen molar-refractivity contribution in [3.63, 3.8) is 0 Å². The number of carbonyl (C=O) groups excluding carboxylic acids is 2. The van der Waals surface area contributed by atoms with E-state index in [9.17, 15) is 9.59 Å². The van der Waals surface area contributed by atoms with Crippen molar-refractivity contribution in [2.45, 2.75) is 12.8 Å². The summed E-state index contributed by atoms with van der Waals surface area (Å²) in [7, 11) is 0. The number of carbonyl (C=O) groups is 2. The minimum absolute atomic E-state index is 0.0240. The van der Waals surface area contributed by atoms with E-state index in [1.807, 2.05) is 4.90 Å². The molecule has 1 fully saturated rings. The van der Waals surface area contributed by atoms with Crippen LogP contribution in [0.2, 0.25) is 0 Å². The number of rotatable bonds is 3. The van der Waals surface area contributed by atoms with Crippen LogP contribution < -0.4 is 10.6 Å². The third-order valence-electron chi connectivity index (χ3n) is 4.09. The number of hydrogen-bond donors (Lipinski definition) is 2. The first kappa shape index (κ1) is 18.5. The lowest BCUT2D eigenvalue weighted by Crippen LogP contribution is -2.34. The Bertz CT molecular complexity index is 833. The molecule has 1 heterocycles. The molecule has 0 unspecified atom stereocenters. The van der Waals surface area contributed by atoms with E-state index in [4.69, 9.17) is 12.2 Å². The Morgan fingerprint density at radius 1 is 1.00 bits per heavy atom. The van der Waals surface area contributed by atoms with Crippen molar-refractivity contribution < 1.29 is 9.59 Å². The molecule has 0 spiro atoms. The van der Waals surface area contributed by atoms with Gasteiger partial charge in [-0.25, -0.2) is 0 Å². The van der Waals surface area contributed by atoms with Crippen LogP contribution in [0.25, 0.3) is 0 Å². The Hall–Kier alpha value is -2.25. The Morgan fingerprint density at radius 2 is 1.69 bits per heavy atom. The summed E-state index contributed by atoms with van der Waals surface area (Å²) in [6, 6.07) is 14.1. The van der Waals surface area contributed by atoms with E-state index in [1.54, 1.807) is 48.5 Å². The maximum absolute atomic E-state index is 12.5. The standard InChI is InChI=1S/C19H18BrN3O2S/c20-15-8-6-13(7-9-15)17(24)22-19(26)21-16-5-3-4-14(12-16)18(25)23-10-1-2-11-23/h3-9,12H,1-2,10-11H2,(H2,21,22,24,26). The molecule has 7 heteroatoms. The third kappa shape index (κ3) is 4.68. The zero-order valence-corrected chi connectivity index (χ0v) is 16.4. The molecule has 2 aromatic rings. The lowest BCUT2D eigenvalue weighted by atomic mass is 10.2. The largest absolute Gasteiger partial charge is 0.339 e. The Kier molecular flexibility index (Phi) is 6.00. The molecule has 0 radical (unpaired) electrons. The fraction of sp³-hybridized carbons (Fsp3) is 0.211. The van der Waals surface area contributed by atoms with Gasteiger partial charge in [-0.2, -0.15) is 0 Å². The van der Waals surface area contributed by atoms with Gasteiger partial charge in [0.2, 0.25) is 0 Å². The van der Waals surface area contributed by atoms with E-state index < -0.39 is 0 Å². The SMILES string of the molecule is O=C(NC(=S)Nc1cccc(C(=O)N2CCCC2)c1)c1ccc(Br)cc1. The molecule has 0 aromatic heterocycles. The highest BCUT2D eigenvalue weighted by Gasteiger charge is 2.19. The van der Waals surface area contributed by atoms with Crippen LogP contribution in [0.15, 0.2) is 53.0 Å². The molecule has 3 rings (SSSR count). The lowest BCUT2D eigenvalue weighted by Gasteiger charge is -2.16. The monoisotopic (exact) mass is 431 g/mol. The van der Waals surface area contributed by atoms with Crippen LogP contribution >= 0.6 is 28.1 Å². The zero-order chi connectivity index (χ0) is 18.5. The van der Waals surface area contributed by atoms with E-state index in [0.717, 1.165) is 30.4 Å². The van der Waals surface area contributed by atoms with Crippen LogP contribution in [0.3, 0.4) is 0 Å². The molecule has 1 saturated heterocycles. The highest BCUT2D eigenvalue weighted by atomic mass is 79.9. The van der Waals surface area contributed by atoms with Gasteiger partial charge in [0.05, 0.1) is 0 Å². The van der Waals surface area contributed by atoms with Gasteiger partial charge in [0, 0.05) is 34.4 Å². The van der Waals surface area contributed by atoms with Crippen LogP contribution in [0.1, 0.15) is 33.6 Å². The summed E-state index contributed by atoms with van der Waals surface area (Å²) in [5.41, 5.74) is 1.78. The summed E-state index contributed by atoms with van der Waals surface area (Å²) in [5, 5.41) is 5.78. The average Bonchev–Trinajstić information content (AvgIpc) is 3.16. The number of amides is 2. The van der Waals surface area contributed by atoms with Crippen molar-refractivity contribution in [3.05, 3.63) is 64.1 Å². The first-order valence-corrected chi connectivity index (χ1v) is 9.50. The Balaban J connectivity index is 1.62. The number of anilines is 1. The van der Waals surface area contributed by atoms with Gasteiger partial charge in [-0.05, 0) is 67.5 Å². The van der Waals surface area contributed by atoms with Crippen molar-refractivity contribution in [2.75, 3.05) is 18.4 Å². The Labute approximate surface area is 165 Å². The van der Waals surface area contributed by atoms with Crippen molar-refractivity contribution in [1.29, 1.82) is 0 Å². The predicted octanol–water partition coefficient (Wildman–Crippen LogP) is 3.81. The number of halogens is 1. The highest BCUT2D eigenvalue weighted by molar-refractivity contribution is 9.10. The highest BCUT2D eigenvalue weighted by Crippen LogP contribution is 2.16. The van der Waals surface area contributed by atoms with E-state index >= 15 is 0 Å². The molecule has 2 N–H and O–H groups in total. The minimum Gasteiger partial charge on any atom is -0.339 e.